The molecule has 0 unspecified atom stereocenters. The summed E-state index contributed by atoms with van der Waals surface area (Å²) in [6, 6.07) is 8.89. The Hall–Kier alpha value is -2.93. The maximum atomic E-state index is 13.2. The highest BCUT2D eigenvalue weighted by Crippen LogP contribution is 2.35. The van der Waals surface area contributed by atoms with E-state index in [-0.39, 0.29) is 18.2 Å². The van der Waals surface area contributed by atoms with Crippen molar-refractivity contribution in [3.8, 4) is 11.6 Å². The Morgan fingerprint density at radius 3 is 2.88 bits per heavy atom. The van der Waals surface area contributed by atoms with Crippen LogP contribution in [0.5, 0.6) is 11.6 Å². The van der Waals surface area contributed by atoms with Crippen LogP contribution in [0.1, 0.15) is 5.56 Å². The fraction of sp³-hybridized carbons (Fsp3) is 0.118. The summed E-state index contributed by atoms with van der Waals surface area (Å²) >= 11 is 5.85. The molecular weight excluding hydrogens is 349 g/mol. The number of fused-ring (bicyclic) bond motifs is 1. The zero-order valence-corrected chi connectivity index (χ0v) is 13.8. The first-order valence-corrected chi connectivity index (χ1v) is 7.65. The molecule has 3 aromatic rings. The number of carbonyl (C=O) groups is 1. The molecule has 2 N–H and O–H groups in total. The highest BCUT2D eigenvalue weighted by Gasteiger charge is 2.12. The van der Waals surface area contributed by atoms with E-state index in [2.05, 4.69) is 15.2 Å². The first-order valence-electron chi connectivity index (χ1n) is 7.28. The molecule has 0 saturated heterocycles. The van der Waals surface area contributed by atoms with Gasteiger partial charge in [-0.2, -0.15) is 0 Å². The molecule has 0 aliphatic carbocycles. The molecule has 6 nitrogen and oxygen atoms in total. The van der Waals surface area contributed by atoms with Crippen molar-refractivity contribution in [1.29, 1.82) is 0 Å². The lowest BCUT2D eigenvalue weighted by Crippen LogP contribution is -2.08. The summed E-state index contributed by atoms with van der Waals surface area (Å²) in [6.45, 7) is 1.49. The molecule has 1 amide bonds. The van der Waals surface area contributed by atoms with Gasteiger partial charge in [0.05, 0.1) is 5.52 Å². The molecule has 3 rings (SSSR count). The van der Waals surface area contributed by atoms with Crippen molar-refractivity contribution >= 4 is 34.1 Å². The number of amides is 1. The van der Waals surface area contributed by atoms with Crippen molar-refractivity contribution in [2.24, 2.45) is 10.2 Å². The smallest absolute Gasteiger partial charge is 0.302 e. The van der Waals surface area contributed by atoms with Crippen LogP contribution in [-0.4, -0.2) is 22.6 Å². The van der Waals surface area contributed by atoms with Crippen molar-refractivity contribution < 1.29 is 19.0 Å². The maximum Gasteiger partial charge on any atom is 0.302 e. The minimum absolute atomic E-state index is 0.0611. The lowest BCUT2D eigenvalue weighted by molar-refractivity contribution is -0.120. The zero-order chi connectivity index (χ0) is 18.0. The third kappa shape index (κ3) is 3.77. The fourth-order valence-corrected chi connectivity index (χ4v) is 2.52. The molecule has 128 valence electrons. The number of carbonyl (C=O) groups excluding carboxylic acids is 1. The van der Waals surface area contributed by atoms with Gasteiger partial charge in [-0.05, 0) is 48.9 Å². The van der Waals surface area contributed by atoms with Crippen molar-refractivity contribution in [3.05, 3.63) is 52.8 Å². The quantitative estimate of drug-likeness (QED) is 0.662. The number of azo groups is 1. The fourth-order valence-electron chi connectivity index (χ4n) is 2.29. The molecule has 25 heavy (non-hydrogen) atoms. The molecular formula is C17H13ClFN3O3. The number of nitrogens with one attached hydrogen (secondary N) is 1. The second-order valence-corrected chi connectivity index (χ2v) is 5.74. The van der Waals surface area contributed by atoms with E-state index in [4.69, 9.17) is 16.3 Å². The molecule has 0 atom stereocenters. The summed E-state index contributed by atoms with van der Waals surface area (Å²) in [6.07, 6.45) is 0. The number of H-pyrrole nitrogens is 1. The number of aryl methyl sites for hydroxylation is 1. The number of aromatic amines is 1. The summed E-state index contributed by atoms with van der Waals surface area (Å²) in [7, 11) is 0. The summed E-state index contributed by atoms with van der Waals surface area (Å²) < 4.78 is 18.6. The standard InChI is InChI=1S/C17H13ClFN3O3/c1-9-6-10(18)2-5-14(9)25-8-15(23)21-22-16-12-4-3-11(19)7-13(12)20-17(16)24/h2-7,20,24H,8H2,1H3. The Labute approximate surface area is 146 Å². The molecule has 0 aliphatic heterocycles. The molecule has 1 aromatic heterocycles. The Balaban J connectivity index is 1.71. The predicted octanol–water partition coefficient (Wildman–Crippen LogP) is 4.66. The molecule has 2 aromatic carbocycles. The summed E-state index contributed by atoms with van der Waals surface area (Å²) in [5.41, 5.74) is 1.20. The number of rotatable bonds is 4. The van der Waals surface area contributed by atoms with Crippen molar-refractivity contribution in [2.45, 2.75) is 6.92 Å². The summed E-state index contributed by atoms with van der Waals surface area (Å²) in [4.78, 5) is 14.4. The Morgan fingerprint density at radius 1 is 1.32 bits per heavy atom. The first-order chi connectivity index (χ1) is 11.9. The molecule has 0 spiro atoms. The third-order valence-corrected chi connectivity index (χ3v) is 3.70. The van der Waals surface area contributed by atoms with Crippen LogP contribution in [0, 0.1) is 12.7 Å². The van der Waals surface area contributed by atoms with Gasteiger partial charge in [0, 0.05) is 10.4 Å². The van der Waals surface area contributed by atoms with Gasteiger partial charge < -0.3 is 14.8 Å². The Morgan fingerprint density at radius 2 is 2.12 bits per heavy atom. The lowest BCUT2D eigenvalue weighted by Gasteiger charge is -2.06. The number of halogens is 2. The van der Waals surface area contributed by atoms with Crippen molar-refractivity contribution in [3.63, 3.8) is 0 Å². The summed E-state index contributed by atoms with van der Waals surface area (Å²) in [5.74, 6) is -0.879. The normalized spacial score (nSPS) is 11.3. The van der Waals surface area contributed by atoms with Gasteiger partial charge in [0.2, 0.25) is 5.88 Å². The second kappa shape index (κ2) is 6.90. The van der Waals surface area contributed by atoms with Crippen LogP contribution in [0.2, 0.25) is 5.02 Å². The van der Waals surface area contributed by atoms with Crippen molar-refractivity contribution in [1.82, 2.24) is 4.98 Å². The predicted molar refractivity (Wildman–Crippen MR) is 91.1 cm³/mol. The number of aromatic hydroxyl groups is 1. The van der Waals surface area contributed by atoms with Crippen LogP contribution in [0.15, 0.2) is 46.6 Å². The molecule has 0 bridgehead atoms. The molecule has 1 heterocycles. The lowest BCUT2D eigenvalue weighted by atomic mass is 10.2. The van der Waals surface area contributed by atoms with Crippen molar-refractivity contribution in [2.75, 3.05) is 6.61 Å². The molecule has 0 aliphatic rings. The number of ether oxygens (including phenoxy) is 1. The molecule has 0 radical (unpaired) electrons. The number of nitrogens with zero attached hydrogens (tertiary/aromatic N) is 2. The highest BCUT2D eigenvalue weighted by molar-refractivity contribution is 6.30. The topological polar surface area (TPSA) is 87.0 Å². The minimum Gasteiger partial charge on any atom is -0.493 e. The maximum absolute atomic E-state index is 13.2. The molecule has 0 fully saturated rings. The largest absolute Gasteiger partial charge is 0.493 e. The van der Waals surface area contributed by atoms with E-state index in [9.17, 15) is 14.3 Å². The molecule has 8 heteroatoms. The van der Waals surface area contributed by atoms with Gasteiger partial charge in [0.25, 0.3) is 0 Å². The van der Waals surface area contributed by atoms with E-state index < -0.39 is 11.7 Å². The van der Waals surface area contributed by atoms with E-state index in [1.54, 1.807) is 25.1 Å². The average Bonchev–Trinajstić information content (AvgIpc) is 2.86. The number of benzene rings is 2. The van der Waals surface area contributed by atoms with Crippen LogP contribution in [-0.2, 0) is 4.79 Å². The van der Waals surface area contributed by atoms with Crippen LogP contribution in [0.25, 0.3) is 10.9 Å². The summed E-state index contributed by atoms with van der Waals surface area (Å²) in [5, 5.41) is 18.1. The highest BCUT2D eigenvalue weighted by atomic mass is 35.5. The van der Waals surface area contributed by atoms with Gasteiger partial charge in [-0.3, -0.25) is 4.79 Å². The van der Waals surface area contributed by atoms with Crippen LogP contribution >= 0.6 is 11.6 Å². The van der Waals surface area contributed by atoms with Gasteiger partial charge in [-0.15, -0.1) is 10.2 Å². The number of hydrogen-bond donors (Lipinski definition) is 2. The average molecular weight is 362 g/mol. The number of aromatic nitrogens is 1. The van der Waals surface area contributed by atoms with E-state index in [0.717, 1.165) is 5.56 Å². The van der Waals surface area contributed by atoms with E-state index in [1.807, 2.05) is 0 Å². The van der Waals surface area contributed by atoms with Gasteiger partial charge >= 0.3 is 5.91 Å². The van der Waals surface area contributed by atoms with Crippen LogP contribution < -0.4 is 4.74 Å². The van der Waals surface area contributed by atoms with E-state index in [1.165, 1.54) is 18.2 Å². The van der Waals surface area contributed by atoms with Gasteiger partial charge in [-0.1, -0.05) is 11.6 Å². The van der Waals surface area contributed by atoms with Gasteiger partial charge in [0.15, 0.2) is 12.3 Å². The number of hydrogen-bond acceptors (Lipinski definition) is 4. The molecule has 0 saturated carbocycles. The van der Waals surface area contributed by atoms with Gasteiger partial charge in [0.1, 0.15) is 11.6 Å². The third-order valence-electron chi connectivity index (χ3n) is 3.46. The SMILES string of the molecule is Cc1cc(Cl)ccc1OCC(=O)N=Nc1c(O)[nH]c2cc(F)ccc12. The van der Waals surface area contributed by atoms with Crippen LogP contribution in [0.3, 0.4) is 0 Å². The van der Waals surface area contributed by atoms with E-state index >= 15 is 0 Å². The first kappa shape index (κ1) is 16.9. The second-order valence-electron chi connectivity index (χ2n) is 5.30. The van der Waals surface area contributed by atoms with Crippen LogP contribution in [0.4, 0.5) is 10.1 Å². The Bertz CT molecular complexity index is 985. The van der Waals surface area contributed by atoms with E-state index in [0.29, 0.717) is 21.7 Å². The minimum atomic E-state index is -0.634. The zero-order valence-electron chi connectivity index (χ0n) is 13.1. The van der Waals surface area contributed by atoms with Gasteiger partial charge in [-0.25, -0.2) is 4.39 Å². The monoisotopic (exact) mass is 361 g/mol. The Kier molecular flexibility index (Phi) is 4.67.